The standard InChI is InChI=1S/C16H14ClNO4/c1-2-22-16(21)13-9-12(7-8-14(13)19)18-15(20)10-3-5-11(17)6-4-10/h3-9,19H,2H2,1H3,(H,18,20). The molecule has 2 N–H and O–H groups in total. The van der Waals surface area contributed by atoms with Crippen LogP contribution >= 0.6 is 11.6 Å². The molecule has 0 saturated heterocycles. The van der Waals surface area contributed by atoms with Gasteiger partial charge in [0.2, 0.25) is 0 Å². The van der Waals surface area contributed by atoms with Gasteiger partial charge >= 0.3 is 5.97 Å². The Morgan fingerprint density at radius 3 is 2.50 bits per heavy atom. The lowest BCUT2D eigenvalue weighted by Crippen LogP contribution is -2.12. The van der Waals surface area contributed by atoms with E-state index in [1.165, 1.54) is 18.2 Å². The minimum atomic E-state index is -0.650. The van der Waals surface area contributed by atoms with Gasteiger partial charge in [-0.15, -0.1) is 0 Å². The molecule has 0 heterocycles. The van der Waals surface area contributed by atoms with Crippen molar-refractivity contribution in [2.75, 3.05) is 11.9 Å². The number of amides is 1. The number of benzene rings is 2. The highest BCUT2D eigenvalue weighted by Gasteiger charge is 2.14. The quantitative estimate of drug-likeness (QED) is 0.668. The predicted octanol–water partition coefficient (Wildman–Crippen LogP) is 3.47. The van der Waals surface area contributed by atoms with Gasteiger partial charge in [-0.05, 0) is 49.4 Å². The molecule has 6 heteroatoms. The Morgan fingerprint density at radius 2 is 1.86 bits per heavy atom. The monoisotopic (exact) mass is 319 g/mol. The van der Waals surface area contributed by atoms with E-state index in [0.29, 0.717) is 16.3 Å². The number of hydrogen-bond donors (Lipinski definition) is 2. The number of hydrogen-bond acceptors (Lipinski definition) is 4. The molecule has 0 spiro atoms. The number of carbonyl (C=O) groups is 2. The van der Waals surface area contributed by atoms with Crippen molar-refractivity contribution in [2.45, 2.75) is 6.92 Å². The number of rotatable bonds is 4. The molecule has 0 atom stereocenters. The van der Waals surface area contributed by atoms with Crippen molar-refractivity contribution in [1.29, 1.82) is 0 Å². The molecule has 5 nitrogen and oxygen atoms in total. The molecule has 0 bridgehead atoms. The van der Waals surface area contributed by atoms with Crippen molar-refractivity contribution < 1.29 is 19.4 Å². The third-order valence-electron chi connectivity index (χ3n) is 2.86. The second-order valence-electron chi connectivity index (χ2n) is 4.41. The molecular formula is C16H14ClNO4. The van der Waals surface area contributed by atoms with E-state index in [-0.39, 0.29) is 23.8 Å². The zero-order valence-electron chi connectivity index (χ0n) is 11.8. The fourth-order valence-electron chi connectivity index (χ4n) is 1.79. The van der Waals surface area contributed by atoms with E-state index >= 15 is 0 Å². The molecule has 2 rings (SSSR count). The van der Waals surface area contributed by atoms with E-state index in [4.69, 9.17) is 16.3 Å². The number of phenols is 1. The molecular weight excluding hydrogens is 306 g/mol. The first-order chi connectivity index (χ1) is 10.5. The molecule has 0 aromatic heterocycles. The van der Waals surface area contributed by atoms with Crippen LogP contribution in [-0.2, 0) is 4.74 Å². The lowest BCUT2D eigenvalue weighted by Gasteiger charge is -2.09. The smallest absolute Gasteiger partial charge is 0.341 e. The summed E-state index contributed by atoms with van der Waals surface area (Å²) in [5.41, 5.74) is 0.798. The van der Waals surface area contributed by atoms with Crippen LogP contribution in [0, 0.1) is 0 Å². The van der Waals surface area contributed by atoms with Gasteiger partial charge in [0.05, 0.1) is 6.61 Å². The van der Waals surface area contributed by atoms with Crippen LogP contribution in [0.4, 0.5) is 5.69 Å². The van der Waals surface area contributed by atoms with Crippen LogP contribution in [0.2, 0.25) is 5.02 Å². The van der Waals surface area contributed by atoms with Crippen LogP contribution in [0.5, 0.6) is 5.75 Å². The van der Waals surface area contributed by atoms with Crippen LogP contribution in [0.25, 0.3) is 0 Å². The Balaban J connectivity index is 2.19. The van der Waals surface area contributed by atoms with Crippen LogP contribution in [0.3, 0.4) is 0 Å². The number of ether oxygens (including phenoxy) is 1. The molecule has 0 radical (unpaired) electrons. The number of halogens is 1. The molecule has 0 aliphatic rings. The molecule has 22 heavy (non-hydrogen) atoms. The Hall–Kier alpha value is -2.53. The zero-order valence-corrected chi connectivity index (χ0v) is 12.6. The molecule has 2 aromatic rings. The summed E-state index contributed by atoms with van der Waals surface area (Å²) in [6.45, 7) is 1.86. The second kappa shape index (κ2) is 6.95. The SMILES string of the molecule is CCOC(=O)c1cc(NC(=O)c2ccc(Cl)cc2)ccc1O. The van der Waals surface area contributed by atoms with Gasteiger partial charge in [0, 0.05) is 16.3 Å². The maximum atomic E-state index is 12.1. The summed E-state index contributed by atoms with van der Waals surface area (Å²) in [4.78, 5) is 23.8. The average molecular weight is 320 g/mol. The average Bonchev–Trinajstić information content (AvgIpc) is 2.50. The van der Waals surface area contributed by atoms with Gasteiger partial charge in [-0.2, -0.15) is 0 Å². The number of carbonyl (C=O) groups excluding carboxylic acids is 2. The van der Waals surface area contributed by atoms with E-state index < -0.39 is 5.97 Å². The van der Waals surface area contributed by atoms with Gasteiger partial charge in [0.1, 0.15) is 11.3 Å². The van der Waals surface area contributed by atoms with Crippen LogP contribution in [0.15, 0.2) is 42.5 Å². The van der Waals surface area contributed by atoms with E-state index in [2.05, 4.69) is 5.32 Å². The first-order valence-corrected chi connectivity index (χ1v) is 6.96. The second-order valence-corrected chi connectivity index (χ2v) is 4.85. The van der Waals surface area contributed by atoms with E-state index in [9.17, 15) is 14.7 Å². The zero-order chi connectivity index (χ0) is 16.1. The Morgan fingerprint density at radius 1 is 1.18 bits per heavy atom. The normalized spacial score (nSPS) is 10.1. The predicted molar refractivity (Wildman–Crippen MR) is 83.5 cm³/mol. The Bertz CT molecular complexity index is 698. The first kappa shape index (κ1) is 15.9. The minimum absolute atomic E-state index is 0.00393. The van der Waals surface area contributed by atoms with Gasteiger partial charge < -0.3 is 15.2 Å². The van der Waals surface area contributed by atoms with Crippen molar-refractivity contribution in [3.8, 4) is 5.75 Å². The fourth-order valence-corrected chi connectivity index (χ4v) is 1.92. The van der Waals surface area contributed by atoms with Crippen molar-refractivity contribution in [1.82, 2.24) is 0 Å². The number of nitrogens with one attached hydrogen (secondary N) is 1. The minimum Gasteiger partial charge on any atom is -0.507 e. The summed E-state index contributed by atoms with van der Waals surface area (Å²) >= 11 is 5.77. The number of anilines is 1. The molecule has 1 amide bonds. The summed E-state index contributed by atoms with van der Waals surface area (Å²) in [6.07, 6.45) is 0. The van der Waals surface area contributed by atoms with Gasteiger partial charge in [-0.1, -0.05) is 11.6 Å². The first-order valence-electron chi connectivity index (χ1n) is 6.58. The van der Waals surface area contributed by atoms with Crippen molar-refractivity contribution in [3.63, 3.8) is 0 Å². The molecule has 0 aliphatic carbocycles. The molecule has 114 valence electrons. The Kier molecular flexibility index (Phi) is 5.01. The molecule has 0 saturated carbocycles. The van der Waals surface area contributed by atoms with E-state index in [1.807, 2.05) is 0 Å². The van der Waals surface area contributed by atoms with Crippen LogP contribution < -0.4 is 5.32 Å². The number of phenolic OH excluding ortho intramolecular Hbond substituents is 1. The number of aromatic hydroxyl groups is 1. The van der Waals surface area contributed by atoms with Gasteiger partial charge in [0.25, 0.3) is 5.91 Å². The molecule has 0 unspecified atom stereocenters. The van der Waals surface area contributed by atoms with Crippen LogP contribution in [0.1, 0.15) is 27.6 Å². The van der Waals surface area contributed by atoms with Gasteiger partial charge in [-0.3, -0.25) is 4.79 Å². The molecule has 0 fully saturated rings. The van der Waals surface area contributed by atoms with E-state index in [0.717, 1.165) is 0 Å². The van der Waals surface area contributed by atoms with Crippen molar-refractivity contribution in [3.05, 3.63) is 58.6 Å². The fraction of sp³-hybridized carbons (Fsp3) is 0.125. The lowest BCUT2D eigenvalue weighted by atomic mass is 10.1. The van der Waals surface area contributed by atoms with Crippen molar-refractivity contribution >= 4 is 29.2 Å². The maximum Gasteiger partial charge on any atom is 0.341 e. The molecule has 2 aromatic carbocycles. The summed E-state index contributed by atoms with van der Waals surface area (Å²) in [6, 6.07) is 10.6. The largest absolute Gasteiger partial charge is 0.507 e. The summed E-state index contributed by atoms with van der Waals surface area (Å²) in [5, 5.41) is 12.9. The molecule has 0 aliphatic heterocycles. The third-order valence-corrected chi connectivity index (χ3v) is 3.11. The number of esters is 1. The van der Waals surface area contributed by atoms with Crippen LogP contribution in [-0.4, -0.2) is 23.6 Å². The van der Waals surface area contributed by atoms with Gasteiger partial charge in [-0.25, -0.2) is 4.79 Å². The highest BCUT2D eigenvalue weighted by atomic mass is 35.5. The summed E-state index contributed by atoms with van der Waals surface area (Å²) in [7, 11) is 0. The lowest BCUT2D eigenvalue weighted by molar-refractivity contribution is 0.0523. The highest BCUT2D eigenvalue weighted by Crippen LogP contribution is 2.23. The topological polar surface area (TPSA) is 75.6 Å². The highest BCUT2D eigenvalue weighted by molar-refractivity contribution is 6.30. The summed E-state index contributed by atoms with van der Waals surface area (Å²) < 4.78 is 4.84. The summed E-state index contributed by atoms with van der Waals surface area (Å²) in [5.74, 6) is -1.21. The van der Waals surface area contributed by atoms with Crippen molar-refractivity contribution in [2.24, 2.45) is 0 Å². The maximum absolute atomic E-state index is 12.1. The van der Waals surface area contributed by atoms with E-state index in [1.54, 1.807) is 31.2 Å². The third kappa shape index (κ3) is 3.77. The Labute approximate surface area is 132 Å². The van der Waals surface area contributed by atoms with Gasteiger partial charge in [0.15, 0.2) is 0 Å².